The molecule has 0 radical (unpaired) electrons. The molecule has 30 heavy (non-hydrogen) atoms. The molecule has 1 unspecified atom stereocenters. The van der Waals surface area contributed by atoms with Gasteiger partial charge in [0.1, 0.15) is 11.6 Å². The van der Waals surface area contributed by atoms with Crippen LogP contribution in [0, 0.1) is 6.92 Å². The van der Waals surface area contributed by atoms with E-state index in [1.807, 2.05) is 18.4 Å². The number of aromatic nitrogens is 4. The van der Waals surface area contributed by atoms with Gasteiger partial charge in [0, 0.05) is 24.5 Å². The molecule has 1 N–H and O–H groups in total. The van der Waals surface area contributed by atoms with Crippen LogP contribution in [0.2, 0.25) is 0 Å². The van der Waals surface area contributed by atoms with Gasteiger partial charge in [0.25, 0.3) is 0 Å². The van der Waals surface area contributed by atoms with Gasteiger partial charge in [-0.15, -0.1) is 21.5 Å². The Morgan fingerprint density at radius 1 is 1.33 bits per heavy atom. The molecule has 0 saturated heterocycles. The molecule has 0 bridgehead atoms. The zero-order chi connectivity index (χ0) is 21.5. The van der Waals surface area contributed by atoms with Crippen molar-refractivity contribution in [1.29, 1.82) is 0 Å². The number of ether oxygens (including phenoxy) is 1. The lowest BCUT2D eigenvalue weighted by molar-refractivity contribution is -0.115. The average Bonchev–Trinajstić information content (AvgIpc) is 3.38. The number of aryl methyl sites for hydroxylation is 3. The molecule has 1 aromatic carbocycles. The van der Waals surface area contributed by atoms with Crippen LogP contribution in [-0.4, -0.2) is 38.0 Å². The fourth-order valence-electron chi connectivity index (χ4n) is 3.16. The quantitative estimate of drug-likeness (QED) is 0.467. The Balaban J connectivity index is 1.57. The van der Waals surface area contributed by atoms with E-state index in [9.17, 15) is 4.79 Å². The summed E-state index contributed by atoms with van der Waals surface area (Å²) in [5.74, 6) is 1.79. The molecule has 7 nitrogen and oxygen atoms in total. The van der Waals surface area contributed by atoms with Gasteiger partial charge in [-0.25, -0.2) is 4.98 Å². The minimum atomic E-state index is -0.293. The van der Waals surface area contributed by atoms with Crippen molar-refractivity contribution >= 4 is 34.1 Å². The highest BCUT2D eigenvalue weighted by atomic mass is 32.2. The number of benzene rings is 1. The number of carbonyl (C=O) groups is 1. The Labute approximate surface area is 185 Å². The van der Waals surface area contributed by atoms with Crippen molar-refractivity contribution in [2.45, 2.75) is 57.0 Å². The van der Waals surface area contributed by atoms with Crippen LogP contribution in [-0.2, 0) is 24.2 Å². The minimum Gasteiger partial charge on any atom is -0.496 e. The number of hydrogen-bond acceptors (Lipinski definition) is 7. The molecule has 0 aliphatic carbocycles. The molecule has 0 saturated carbocycles. The van der Waals surface area contributed by atoms with Crippen LogP contribution >= 0.6 is 23.1 Å². The van der Waals surface area contributed by atoms with Gasteiger partial charge in [-0.2, -0.15) is 0 Å². The number of rotatable bonds is 10. The highest BCUT2D eigenvalue weighted by Crippen LogP contribution is 2.25. The lowest BCUT2D eigenvalue weighted by Gasteiger charge is -2.12. The predicted molar refractivity (Wildman–Crippen MR) is 122 cm³/mol. The maximum atomic E-state index is 12.4. The Hall–Kier alpha value is -2.39. The molecule has 160 valence electrons. The lowest BCUT2D eigenvalue weighted by Crippen LogP contribution is -2.22. The average molecular weight is 446 g/mol. The summed E-state index contributed by atoms with van der Waals surface area (Å²) in [6.45, 7) is 6.77. The molecule has 3 rings (SSSR count). The van der Waals surface area contributed by atoms with Crippen molar-refractivity contribution in [2.75, 3.05) is 12.4 Å². The topological polar surface area (TPSA) is 81.9 Å². The number of anilines is 1. The standard InChI is InChI=1S/C21H27N5O2S2/c1-5-26-18(8-6-7-16-9-10-17(28-4)14(2)13-16)24-25-21(26)30-15(3)19(27)23-20-22-11-12-29-20/h9-13,15H,5-8H2,1-4H3,(H,22,23,27). The fourth-order valence-corrected chi connectivity index (χ4v) is 4.62. The van der Waals surface area contributed by atoms with Gasteiger partial charge in [0.15, 0.2) is 10.3 Å². The van der Waals surface area contributed by atoms with Crippen molar-refractivity contribution in [3.05, 3.63) is 46.7 Å². The normalized spacial score (nSPS) is 12.0. The molecule has 0 aliphatic rings. The summed E-state index contributed by atoms with van der Waals surface area (Å²) >= 11 is 2.83. The summed E-state index contributed by atoms with van der Waals surface area (Å²) in [6, 6.07) is 6.31. The largest absolute Gasteiger partial charge is 0.496 e. The molecule has 0 spiro atoms. The maximum absolute atomic E-state index is 12.4. The number of thioether (sulfide) groups is 1. The van der Waals surface area contributed by atoms with Crippen LogP contribution in [0.25, 0.3) is 0 Å². The first-order valence-corrected chi connectivity index (χ1v) is 11.7. The number of hydrogen-bond donors (Lipinski definition) is 1. The van der Waals surface area contributed by atoms with E-state index in [0.29, 0.717) is 5.13 Å². The molecular formula is C21H27N5O2S2. The van der Waals surface area contributed by atoms with Gasteiger partial charge in [-0.3, -0.25) is 4.79 Å². The Morgan fingerprint density at radius 2 is 2.17 bits per heavy atom. The number of carbonyl (C=O) groups excluding carboxylic acids is 1. The highest BCUT2D eigenvalue weighted by molar-refractivity contribution is 8.00. The first-order valence-electron chi connectivity index (χ1n) is 9.94. The first-order chi connectivity index (χ1) is 14.5. The van der Waals surface area contributed by atoms with Crippen LogP contribution in [0.15, 0.2) is 34.9 Å². The molecule has 0 fully saturated rings. The third kappa shape index (κ3) is 5.60. The van der Waals surface area contributed by atoms with E-state index >= 15 is 0 Å². The van der Waals surface area contributed by atoms with E-state index in [4.69, 9.17) is 4.74 Å². The third-order valence-corrected chi connectivity index (χ3v) is 6.52. The summed E-state index contributed by atoms with van der Waals surface area (Å²) in [7, 11) is 1.69. The second-order valence-corrected chi connectivity index (χ2v) is 9.09. The number of nitrogens with zero attached hydrogens (tertiary/aromatic N) is 4. The lowest BCUT2D eigenvalue weighted by atomic mass is 10.0. The summed E-state index contributed by atoms with van der Waals surface area (Å²) in [6.07, 6.45) is 4.46. The minimum absolute atomic E-state index is 0.0861. The van der Waals surface area contributed by atoms with Crippen molar-refractivity contribution in [1.82, 2.24) is 19.7 Å². The van der Waals surface area contributed by atoms with Crippen LogP contribution in [0.4, 0.5) is 5.13 Å². The van der Waals surface area contributed by atoms with Crippen LogP contribution in [0.1, 0.15) is 37.2 Å². The van der Waals surface area contributed by atoms with Crippen molar-refractivity contribution in [3.8, 4) is 5.75 Å². The van der Waals surface area contributed by atoms with Crippen LogP contribution in [0.3, 0.4) is 0 Å². The second-order valence-electron chi connectivity index (χ2n) is 6.89. The number of amides is 1. The first kappa shape index (κ1) is 22.3. The van der Waals surface area contributed by atoms with E-state index in [1.165, 1.54) is 28.7 Å². The summed E-state index contributed by atoms with van der Waals surface area (Å²) < 4.78 is 7.42. The number of nitrogens with one attached hydrogen (secondary N) is 1. The maximum Gasteiger partial charge on any atom is 0.239 e. The number of methoxy groups -OCH3 is 1. The van der Waals surface area contributed by atoms with E-state index in [-0.39, 0.29) is 11.2 Å². The Bertz CT molecular complexity index is 972. The van der Waals surface area contributed by atoms with Crippen LogP contribution in [0.5, 0.6) is 5.75 Å². The molecule has 2 heterocycles. The summed E-state index contributed by atoms with van der Waals surface area (Å²) in [5, 5.41) is 14.5. The summed E-state index contributed by atoms with van der Waals surface area (Å²) in [4.78, 5) is 16.5. The van der Waals surface area contributed by atoms with Gasteiger partial charge in [0.2, 0.25) is 5.91 Å². The SMILES string of the molecule is CCn1c(CCCc2ccc(OC)c(C)c2)nnc1SC(C)C(=O)Nc1nccs1. The fraction of sp³-hybridized carbons (Fsp3) is 0.429. The zero-order valence-electron chi connectivity index (χ0n) is 17.7. The molecule has 3 aromatic rings. The van der Waals surface area contributed by atoms with E-state index in [2.05, 4.69) is 51.0 Å². The summed E-state index contributed by atoms with van der Waals surface area (Å²) in [5.41, 5.74) is 2.44. The zero-order valence-corrected chi connectivity index (χ0v) is 19.3. The predicted octanol–water partition coefficient (Wildman–Crippen LogP) is 4.37. The highest BCUT2D eigenvalue weighted by Gasteiger charge is 2.20. The van der Waals surface area contributed by atoms with E-state index in [0.717, 1.165) is 48.1 Å². The Morgan fingerprint density at radius 3 is 2.83 bits per heavy atom. The van der Waals surface area contributed by atoms with Gasteiger partial charge in [-0.1, -0.05) is 23.9 Å². The van der Waals surface area contributed by atoms with Gasteiger partial charge in [-0.05, 0) is 50.8 Å². The van der Waals surface area contributed by atoms with Gasteiger partial charge >= 0.3 is 0 Å². The molecule has 9 heteroatoms. The molecule has 2 aromatic heterocycles. The number of thiazole rings is 1. The monoisotopic (exact) mass is 445 g/mol. The Kier molecular flexibility index (Phi) is 7.87. The van der Waals surface area contributed by atoms with Crippen molar-refractivity contribution in [2.24, 2.45) is 0 Å². The van der Waals surface area contributed by atoms with Gasteiger partial charge in [0.05, 0.1) is 12.4 Å². The molecule has 1 amide bonds. The van der Waals surface area contributed by atoms with E-state index < -0.39 is 0 Å². The van der Waals surface area contributed by atoms with Crippen molar-refractivity contribution < 1.29 is 9.53 Å². The molecule has 0 aliphatic heterocycles. The third-order valence-electron chi connectivity index (χ3n) is 4.75. The van der Waals surface area contributed by atoms with E-state index in [1.54, 1.807) is 13.3 Å². The van der Waals surface area contributed by atoms with Gasteiger partial charge < -0.3 is 14.6 Å². The molecule has 1 atom stereocenters. The molecular weight excluding hydrogens is 418 g/mol. The smallest absolute Gasteiger partial charge is 0.239 e. The van der Waals surface area contributed by atoms with Crippen LogP contribution < -0.4 is 10.1 Å². The van der Waals surface area contributed by atoms with Crippen molar-refractivity contribution in [3.63, 3.8) is 0 Å². The second kappa shape index (κ2) is 10.6.